The standard InChI is InChI=1S/C22H20F6N2O3/c1-33-18-4-2-3-14(9-18)10-19(31)29-5-7-30(8-6-29)20(32)15-11-16(21(23,24)25)13-17(12-15)22(26,27)28/h2-4,9,11-13H,5-8,10H2,1H3. The molecule has 0 bridgehead atoms. The number of benzene rings is 2. The van der Waals surface area contributed by atoms with Gasteiger partial charge in [0.1, 0.15) is 5.75 Å². The fraction of sp³-hybridized carbons (Fsp3) is 0.364. The van der Waals surface area contributed by atoms with E-state index in [4.69, 9.17) is 4.74 Å². The molecule has 3 rings (SSSR count). The first-order chi connectivity index (χ1) is 15.4. The van der Waals surface area contributed by atoms with Crippen molar-refractivity contribution in [1.29, 1.82) is 0 Å². The normalized spacial score (nSPS) is 14.9. The molecule has 0 spiro atoms. The molecule has 0 N–H and O–H groups in total. The van der Waals surface area contributed by atoms with Gasteiger partial charge in [-0.25, -0.2) is 0 Å². The summed E-state index contributed by atoms with van der Waals surface area (Å²) in [4.78, 5) is 27.9. The van der Waals surface area contributed by atoms with Crippen molar-refractivity contribution in [2.24, 2.45) is 0 Å². The van der Waals surface area contributed by atoms with E-state index in [0.29, 0.717) is 17.9 Å². The summed E-state index contributed by atoms with van der Waals surface area (Å²) >= 11 is 0. The second kappa shape index (κ2) is 9.32. The van der Waals surface area contributed by atoms with Gasteiger partial charge in [0.25, 0.3) is 5.91 Å². The number of halogens is 6. The van der Waals surface area contributed by atoms with Crippen LogP contribution < -0.4 is 4.74 Å². The summed E-state index contributed by atoms with van der Waals surface area (Å²) in [5.41, 5.74) is -3.07. The van der Waals surface area contributed by atoms with Gasteiger partial charge in [-0.2, -0.15) is 26.3 Å². The molecular weight excluding hydrogens is 454 g/mol. The third-order valence-electron chi connectivity index (χ3n) is 5.24. The summed E-state index contributed by atoms with van der Waals surface area (Å²) in [5.74, 6) is -0.574. The number of carbonyl (C=O) groups is 2. The van der Waals surface area contributed by atoms with Gasteiger partial charge in [-0.1, -0.05) is 12.1 Å². The molecular formula is C22H20F6N2O3. The predicted octanol–water partition coefficient (Wildman–Crippen LogP) is 4.26. The maximum Gasteiger partial charge on any atom is 0.416 e. The van der Waals surface area contributed by atoms with Crippen LogP contribution in [-0.4, -0.2) is 54.9 Å². The van der Waals surface area contributed by atoms with Gasteiger partial charge in [0.15, 0.2) is 0 Å². The fourth-order valence-corrected chi connectivity index (χ4v) is 3.49. The van der Waals surface area contributed by atoms with Crippen molar-refractivity contribution in [2.45, 2.75) is 18.8 Å². The lowest BCUT2D eigenvalue weighted by Gasteiger charge is -2.35. The molecule has 0 atom stereocenters. The lowest BCUT2D eigenvalue weighted by Crippen LogP contribution is -2.51. The smallest absolute Gasteiger partial charge is 0.416 e. The Labute approximate surface area is 185 Å². The maximum absolute atomic E-state index is 13.1. The number of ether oxygens (including phenoxy) is 1. The fourth-order valence-electron chi connectivity index (χ4n) is 3.49. The van der Waals surface area contributed by atoms with Gasteiger partial charge in [-0.3, -0.25) is 9.59 Å². The molecule has 0 saturated carbocycles. The Bertz CT molecular complexity index is 995. The third kappa shape index (κ3) is 5.96. The van der Waals surface area contributed by atoms with Gasteiger partial charge in [0.05, 0.1) is 24.7 Å². The first-order valence-electron chi connectivity index (χ1n) is 9.88. The summed E-state index contributed by atoms with van der Waals surface area (Å²) in [5, 5.41) is 0. The first-order valence-corrected chi connectivity index (χ1v) is 9.88. The Hall–Kier alpha value is -3.24. The van der Waals surface area contributed by atoms with E-state index in [1.54, 1.807) is 24.3 Å². The molecule has 1 heterocycles. The van der Waals surface area contributed by atoms with Gasteiger partial charge >= 0.3 is 12.4 Å². The lowest BCUT2D eigenvalue weighted by atomic mass is 10.0. The molecule has 0 unspecified atom stereocenters. The molecule has 178 valence electrons. The molecule has 5 nitrogen and oxygen atoms in total. The van der Waals surface area contributed by atoms with Crippen LogP contribution in [0.5, 0.6) is 5.75 Å². The van der Waals surface area contributed by atoms with Gasteiger partial charge in [0, 0.05) is 31.7 Å². The van der Waals surface area contributed by atoms with E-state index >= 15 is 0 Å². The largest absolute Gasteiger partial charge is 0.497 e. The van der Waals surface area contributed by atoms with Crippen LogP contribution in [0.2, 0.25) is 0 Å². The number of rotatable bonds is 4. The molecule has 0 aliphatic carbocycles. The minimum atomic E-state index is -5.04. The first kappa shape index (κ1) is 24.4. The Balaban J connectivity index is 1.69. The van der Waals surface area contributed by atoms with Gasteiger partial charge in [-0.15, -0.1) is 0 Å². The highest BCUT2D eigenvalue weighted by atomic mass is 19.4. The minimum Gasteiger partial charge on any atom is -0.497 e. The van der Waals surface area contributed by atoms with Gasteiger partial charge < -0.3 is 14.5 Å². The van der Waals surface area contributed by atoms with Crippen molar-refractivity contribution in [3.8, 4) is 5.75 Å². The molecule has 2 aromatic rings. The van der Waals surface area contributed by atoms with Gasteiger partial charge in [-0.05, 0) is 35.9 Å². The number of amides is 2. The zero-order valence-electron chi connectivity index (χ0n) is 17.5. The van der Waals surface area contributed by atoms with Crippen LogP contribution in [0, 0.1) is 0 Å². The highest BCUT2D eigenvalue weighted by Gasteiger charge is 2.38. The number of hydrogen-bond donors (Lipinski definition) is 0. The zero-order chi connectivity index (χ0) is 24.4. The maximum atomic E-state index is 13.1. The van der Waals surface area contributed by atoms with Crippen LogP contribution in [0.1, 0.15) is 27.0 Å². The van der Waals surface area contributed by atoms with Crippen molar-refractivity contribution in [3.63, 3.8) is 0 Å². The van der Waals surface area contributed by atoms with Crippen LogP contribution in [0.4, 0.5) is 26.3 Å². The number of carbonyl (C=O) groups excluding carboxylic acids is 2. The van der Waals surface area contributed by atoms with Crippen molar-refractivity contribution >= 4 is 11.8 Å². The third-order valence-corrected chi connectivity index (χ3v) is 5.24. The van der Waals surface area contributed by atoms with E-state index in [-0.39, 0.29) is 44.6 Å². The SMILES string of the molecule is COc1cccc(CC(=O)N2CCN(C(=O)c3cc(C(F)(F)F)cc(C(F)(F)F)c3)CC2)c1. The summed E-state index contributed by atoms with van der Waals surface area (Å²) in [7, 11) is 1.50. The molecule has 2 aromatic carbocycles. The highest BCUT2D eigenvalue weighted by Crippen LogP contribution is 2.36. The quantitative estimate of drug-likeness (QED) is 0.623. The van der Waals surface area contributed by atoms with Crippen molar-refractivity contribution < 1.29 is 40.7 Å². The van der Waals surface area contributed by atoms with Crippen molar-refractivity contribution in [2.75, 3.05) is 33.3 Å². The summed E-state index contributed by atoms with van der Waals surface area (Å²) < 4.78 is 83.5. The molecule has 1 aliphatic heterocycles. The van der Waals surface area contributed by atoms with E-state index in [0.717, 1.165) is 10.5 Å². The molecule has 0 aromatic heterocycles. The van der Waals surface area contributed by atoms with E-state index in [1.165, 1.54) is 12.0 Å². The average Bonchev–Trinajstić information content (AvgIpc) is 2.77. The van der Waals surface area contributed by atoms with Crippen LogP contribution in [0.25, 0.3) is 0 Å². The van der Waals surface area contributed by atoms with E-state index in [1.807, 2.05) is 0 Å². The second-order valence-corrected chi connectivity index (χ2v) is 7.50. The topological polar surface area (TPSA) is 49.9 Å². The highest BCUT2D eigenvalue weighted by molar-refractivity contribution is 5.95. The summed E-state index contributed by atoms with van der Waals surface area (Å²) in [6.45, 7) is 0.194. The molecule has 33 heavy (non-hydrogen) atoms. The molecule has 0 radical (unpaired) electrons. The molecule has 1 aliphatic rings. The molecule has 1 fully saturated rings. The van der Waals surface area contributed by atoms with E-state index < -0.39 is 35.0 Å². The van der Waals surface area contributed by atoms with E-state index in [9.17, 15) is 35.9 Å². The minimum absolute atomic E-state index is 0.0136. The Morgan fingerprint density at radius 3 is 1.91 bits per heavy atom. The van der Waals surface area contributed by atoms with Crippen LogP contribution >= 0.6 is 0 Å². The van der Waals surface area contributed by atoms with Crippen LogP contribution in [0.3, 0.4) is 0 Å². The van der Waals surface area contributed by atoms with E-state index in [2.05, 4.69) is 0 Å². The summed E-state index contributed by atoms with van der Waals surface area (Å²) in [6, 6.07) is 7.75. The second-order valence-electron chi connectivity index (χ2n) is 7.50. The average molecular weight is 474 g/mol. The number of nitrogens with zero attached hydrogens (tertiary/aromatic N) is 2. The predicted molar refractivity (Wildman–Crippen MR) is 106 cm³/mol. The monoisotopic (exact) mass is 474 g/mol. The Kier molecular flexibility index (Phi) is 6.89. The van der Waals surface area contributed by atoms with Crippen LogP contribution in [0.15, 0.2) is 42.5 Å². The molecule has 11 heteroatoms. The zero-order valence-corrected chi connectivity index (χ0v) is 17.5. The number of hydrogen-bond acceptors (Lipinski definition) is 3. The van der Waals surface area contributed by atoms with Crippen molar-refractivity contribution in [3.05, 3.63) is 64.7 Å². The Morgan fingerprint density at radius 1 is 0.848 bits per heavy atom. The number of alkyl halides is 6. The van der Waals surface area contributed by atoms with Crippen molar-refractivity contribution in [1.82, 2.24) is 9.80 Å². The molecule has 2 amide bonds. The molecule has 1 saturated heterocycles. The lowest BCUT2D eigenvalue weighted by molar-refractivity contribution is -0.143. The number of methoxy groups -OCH3 is 1. The summed E-state index contributed by atoms with van der Waals surface area (Å²) in [6.07, 6.45) is -9.99. The van der Waals surface area contributed by atoms with Gasteiger partial charge in [0.2, 0.25) is 5.91 Å². The Morgan fingerprint density at radius 2 is 1.39 bits per heavy atom. The number of piperazine rings is 1. The van der Waals surface area contributed by atoms with Crippen LogP contribution in [-0.2, 0) is 23.6 Å².